The number of hydrogen-bond acceptors (Lipinski definition) is 4. The summed E-state index contributed by atoms with van der Waals surface area (Å²) < 4.78 is 69.9. The van der Waals surface area contributed by atoms with Gasteiger partial charge in [0.1, 0.15) is 0 Å². The lowest BCUT2D eigenvalue weighted by molar-refractivity contribution is 0.360. The van der Waals surface area contributed by atoms with Gasteiger partial charge in [0.25, 0.3) is 0 Å². The summed E-state index contributed by atoms with van der Waals surface area (Å²) in [5.41, 5.74) is 0.923. The van der Waals surface area contributed by atoms with Crippen LogP contribution in [0.4, 0.5) is 22.0 Å². The smallest absolute Gasteiger partial charge is 0.200 e. The fourth-order valence-corrected chi connectivity index (χ4v) is 11.1. The Morgan fingerprint density at radius 1 is 0.958 bits per heavy atom. The van der Waals surface area contributed by atoms with E-state index in [9.17, 15) is 22.0 Å². The SMILES string of the molecule is Fc1c(F)c(F)c(S[P@]2(=S)OCC(c3ccccc3)S2)c(F)c1F. The minimum absolute atomic E-state index is 0.147. The Bertz CT molecular complexity index is 804. The molecule has 0 N–H and O–H groups in total. The first kappa shape index (κ1) is 18.2. The van der Waals surface area contributed by atoms with Crippen molar-refractivity contribution in [3.05, 3.63) is 65.0 Å². The van der Waals surface area contributed by atoms with Gasteiger partial charge in [-0.2, -0.15) is 0 Å². The quantitative estimate of drug-likeness (QED) is 0.256. The predicted octanol–water partition coefficient (Wildman–Crippen LogP) is 6.20. The molecule has 0 spiro atoms. The minimum Gasteiger partial charge on any atom is -0.332 e. The summed E-state index contributed by atoms with van der Waals surface area (Å²) in [5.74, 6) is -9.92. The van der Waals surface area contributed by atoms with Gasteiger partial charge in [0.2, 0.25) is 5.82 Å². The normalized spacial score (nSPS) is 23.6. The third-order valence-corrected chi connectivity index (χ3v) is 11.9. The number of halogens is 5. The molecule has 10 heteroatoms. The maximum atomic E-state index is 13.8. The van der Waals surface area contributed by atoms with Gasteiger partial charge >= 0.3 is 0 Å². The average molecular weight is 414 g/mol. The fraction of sp³-hybridized carbons (Fsp3) is 0.143. The molecule has 0 aromatic heterocycles. The Balaban J connectivity index is 1.89. The van der Waals surface area contributed by atoms with Crippen LogP contribution in [0.15, 0.2) is 35.2 Å². The molecule has 2 aromatic carbocycles. The maximum absolute atomic E-state index is 13.8. The molecule has 0 aliphatic carbocycles. The van der Waals surface area contributed by atoms with Gasteiger partial charge in [-0.1, -0.05) is 41.7 Å². The van der Waals surface area contributed by atoms with Crippen LogP contribution >= 0.6 is 27.4 Å². The van der Waals surface area contributed by atoms with Crippen molar-refractivity contribution < 1.29 is 26.5 Å². The standard InChI is InChI=1S/C14H8F5OPS3/c15-9-10(16)12(18)14(13(19)11(9)17)24-21(22)20-6-8(23-21)7-4-2-1-3-5-7/h1-5,8H,6H2/t8?,21-/m0/s1. The van der Waals surface area contributed by atoms with E-state index in [1.807, 2.05) is 30.3 Å². The van der Waals surface area contributed by atoms with Crippen LogP contribution in [0.1, 0.15) is 10.8 Å². The molecule has 2 aromatic rings. The van der Waals surface area contributed by atoms with Gasteiger partial charge in [0.05, 0.1) is 16.8 Å². The van der Waals surface area contributed by atoms with E-state index >= 15 is 0 Å². The van der Waals surface area contributed by atoms with E-state index in [1.165, 1.54) is 11.4 Å². The Morgan fingerprint density at radius 3 is 2.08 bits per heavy atom. The molecule has 1 fully saturated rings. The first-order chi connectivity index (χ1) is 11.3. The van der Waals surface area contributed by atoms with Crippen molar-refractivity contribution in [1.29, 1.82) is 0 Å². The summed E-state index contributed by atoms with van der Waals surface area (Å²) in [6, 6.07) is 9.21. The summed E-state index contributed by atoms with van der Waals surface area (Å²) in [6.07, 6.45) is 0. The van der Waals surface area contributed by atoms with Crippen molar-refractivity contribution in [2.24, 2.45) is 0 Å². The highest BCUT2D eigenvalue weighted by Gasteiger charge is 2.38. The monoisotopic (exact) mass is 414 g/mol. The van der Waals surface area contributed by atoms with Crippen LogP contribution in [0.25, 0.3) is 0 Å². The summed E-state index contributed by atoms with van der Waals surface area (Å²) in [6.45, 7) is 0.217. The van der Waals surface area contributed by atoms with Crippen LogP contribution in [0.2, 0.25) is 0 Å². The van der Waals surface area contributed by atoms with Gasteiger partial charge in [-0.3, -0.25) is 0 Å². The second kappa shape index (κ2) is 6.96. The average Bonchev–Trinajstić information content (AvgIpc) is 2.98. The van der Waals surface area contributed by atoms with E-state index in [4.69, 9.17) is 16.3 Å². The van der Waals surface area contributed by atoms with Gasteiger partial charge in [0.15, 0.2) is 27.9 Å². The zero-order valence-electron chi connectivity index (χ0n) is 11.6. The summed E-state index contributed by atoms with van der Waals surface area (Å²) in [7, 11) is 0. The van der Waals surface area contributed by atoms with Crippen LogP contribution in [-0.4, -0.2) is 6.61 Å². The highest BCUT2D eigenvalue weighted by Crippen LogP contribution is 2.80. The molecule has 1 unspecified atom stereocenters. The lowest BCUT2D eigenvalue weighted by atomic mass is 10.2. The van der Waals surface area contributed by atoms with Gasteiger partial charge < -0.3 is 4.52 Å². The molecule has 0 amide bonds. The van der Waals surface area contributed by atoms with E-state index < -0.39 is 38.7 Å². The molecular weight excluding hydrogens is 406 g/mol. The van der Waals surface area contributed by atoms with Crippen LogP contribution in [0.3, 0.4) is 0 Å². The van der Waals surface area contributed by atoms with Gasteiger partial charge in [0, 0.05) is 0 Å². The zero-order valence-corrected chi connectivity index (χ0v) is 15.0. The molecule has 0 saturated carbocycles. The Morgan fingerprint density at radius 2 is 1.50 bits per heavy atom. The van der Waals surface area contributed by atoms with Crippen LogP contribution in [0.5, 0.6) is 0 Å². The van der Waals surface area contributed by atoms with Crippen LogP contribution < -0.4 is 0 Å². The molecule has 2 atom stereocenters. The van der Waals surface area contributed by atoms with Gasteiger partial charge in [-0.05, 0) is 28.8 Å². The number of rotatable bonds is 3. The van der Waals surface area contributed by atoms with Gasteiger partial charge in [-0.25, -0.2) is 22.0 Å². The molecule has 24 heavy (non-hydrogen) atoms. The minimum atomic E-state index is -2.89. The second-order valence-electron chi connectivity index (χ2n) is 4.74. The molecule has 1 heterocycles. The Labute approximate surface area is 147 Å². The number of hydrogen-bond donors (Lipinski definition) is 0. The Hall–Kier alpha value is -0.600. The molecule has 1 aliphatic heterocycles. The molecule has 1 aliphatic rings. The summed E-state index contributed by atoms with van der Waals surface area (Å²) in [5, 5.41) is -0.147. The van der Waals surface area contributed by atoms with Crippen molar-refractivity contribution in [1.82, 2.24) is 0 Å². The van der Waals surface area contributed by atoms with E-state index in [1.54, 1.807) is 0 Å². The Kier molecular flexibility index (Phi) is 5.28. The molecule has 1 nitrogen and oxygen atoms in total. The van der Waals surface area contributed by atoms with Crippen molar-refractivity contribution in [2.45, 2.75) is 10.1 Å². The summed E-state index contributed by atoms with van der Waals surface area (Å²) in [4.78, 5) is -0.990. The highest BCUT2D eigenvalue weighted by molar-refractivity contribution is 8.99. The molecule has 0 radical (unpaired) electrons. The van der Waals surface area contributed by atoms with Crippen molar-refractivity contribution in [2.75, 3.05) is 6.61 Å². The molecule has 0 bridgehead atoms. The fourth-order valence-electron chi connectivity index (χ4n) is 2.03. The van der Waals surface area contributed by atoms with E-state index in [0.29, 0.717) is 11.4 Å². The molecular formula is C14H8F5OPS3. The van der Waals surface area contributed by atoms with E-state index in [0.717, 1.165) is 5.56 Å². The molecule has 3 rings (SSSR count). The van der Waals surface area contributed by atoms with Crippen LogP contribution in [-0.2, 0) is 16.3 Å². The van der Waals surface area contributed by atoms with Crippen LogP contribution in [0, 0.1) is 29.1 Å². The largest absolute Gasteiger partial charge is 0.332 e. The van der Waals surface area contributed by atoms with Crippen molar-refractivity contribution in [3.63, 3.8) is 0 Å². The first-order valence-corrected chi connectivity index (χ1v) is 12.1. The first-order valence-electron chi connectivity index (χ1n) is 6.51. The third-order valence-electron chi connectivity index (χ3n) is 3.18. The topological polar surface area (TPSA) is 9.23 Å². The predicted molar refractivity (Wildman–Crippen MR) is 89.1 cm³/mol. The zero-order chi connectivity index (χ0) is 17.5. The number of benzene rings is 2. The van der Waals surface area contributed by atoms with Crippen molar-refractivity contribution in [3.8, 4) is 0 Å². The lowest BCUT2D eigenvalue weighted by Crippen LogP contribution is -2.02. The third kappa shape index (κ3) is 3.37. The van der Waals surface area contributed by atoms with Crippen molar-refractivity contribution >= 4 is 39.2 Å². The highest BCUT2D eigenvalue weighted by atomic mass is 33.2. The lowest BCUT2D eigenvalue weighted by Gasteiger charge is -2.15. The summed E-state index contributed by atoms with van der Waals surface area (Å²) >= 11 is 6.91. The van der Waals surface area contributed by atoms with E-state index in [2.05, 4.69) is 0 Å². The maximum Gasteiger partial charge on any atom is 0.200 e. The molecule has 128 valence electrons. The molecule has 1 saturated heterocycles. The van der Waals surface area contributed by atoms with E-state index in [-0.39, 0.29) is 11.9 Å². The second-order valence-corrected chi connectivity index (χ2v) is 15.1. The van der Waals surface area contributed by atoms with Gasteiger partial charge in [-0.15, -0.1) is 0 Å².